The smallest absolute Gasteiger partial charge is 0.108 e. The number of nitriles is 1. The molecule has 0 amide bonds. The van der Waals surface area contributed by atoms with Gasteiger partial charge in [-0.3, -0.25) is 4.90 Å². The van der Waals surface area contributed by atoms with E-state index in [4.69, 9.17) is 0 Å². The van der Waals surface area contributed by atoms with E-state index < -0.39 is 0 Å². The lowest BCUT2D eigenvalue weighted by Crippen LogP contribution is -2.46. The van der Waals surface area contributed by atoms with Gasteiger partial charge in [0, 0.05) is 19.1 Å². The van der Waals surface area contributed by atoms with E-state index in [-0.39, 0.29) is 5.54 Å². The molecule has 2 aliphatic rings. The average molecular weight is 235 g/mol. The second-order valence-electron chi connectivity index (χ2n) is 6.24. The first-order valence-electron chi connectivity index (χ1n) is 6.93. The van der Waals surface area contributed by atoms with Crippen LogP contribution < -0.4 is 5.32 Å². The molecule has 1 heterocycles. The molecule has 3 heteroatoms. The van der Waals surface area contributed by atoms with Crippen molar-refractivity contribution in [3.63, 3.8) is 0 Å². The maximum atomic E-state index is 9.31. The van der Waals surface area contributed by atoms with Gasteiger partial charge in [0.1, 0.15) is 5.54 Å². The van der Waals surface area contributed by atoms with Crippen molar-refractivity contribution in [3.8, 4) is 6.07 Å². The molecule has 2 fully saturated rings. The molecule has 3 nitrogen and oxygen atoms in total. The molecule has 2 rings (SSSR count). The Morgan fingerprint density at radius 2 is 1.94 bits per heavy atom. The van der Waals surface area contributed by atoms with Gasteiger partial charge in [-0.15, -0.1) is 0 Å². The van der Waals surface area contributed by atoms with Crippen molar-refractivity contribution in [2.45, 2.75) is 51.1 Å². The summed E-state index contributed by atoms with van der Waals surface area (Å²) in [5.74, 6) is 1.62. The highest BCUT2D eigenvalue weighted by Gasteiger charge is 2.41. The molecule has 1 aliphatic carbocycles. The standard InChI is InChI=1S/C14H25N3/c1-11-6-12(2)9-17(8-11)13-4-5-14(7-13,10-15)16-3/h11-13,16H,4-9H2,1-3H3. The molecule has 1 saturated carbocycles. The van der Waals surface area contributed by atoms with E-state index in [9.17, 15) is 5.26 Å². The molecule has 0 bridgehead atoms. The quantitative estimate of drug-likeness (QED) is 0.795. The molecular weight excluding hydrogens is 210 g/mol. The molecule has 1 aliphatic heterocycles. The van der Waals surface area contributed by atoms with Crippen LogP contribution in [0.1, 0.15) is 39.5 Å². The predicted octanol–water partition coefficient (Wildman–Crippen LogP) is 2.00. The largest absolute Gasteiger partial charge is 0.302 e. The number of piperidine rings is 1. The zero-order valence-corrected chi connectivity index (χ0v) is 11.4. The van der Waals surface area contributed by atoms with Crippen LogP contribution >= 0.6 is 0 Å². The van der Waals surface area contributed by atoms with Crippen molar-refractivity contribution in [2.75, 3.05) is 20.1 Å². The Kier molecular flexibility index (Phi) is 3.75. The summed E-state index contributed by atoms with van der Waals surface area (Å²) in [5.41, 5.74) is -0.255. The van der Waals surface area contributed by atoms with Crippen LogP contribution in [0.2, 0.25) is 0 Å². The molecular formula is C14H25N3. The Hall–Kier alpha value is -0.590. The highest BCUT2D eigenvalue weighted by molar-refractivity contribution is 5.13. The van der Waals surface area contributed by atoms with Crippen LogP contribution in [0.3, 0.4) is 0 Å². The summed E-state index contributed by atoms with van der Waals surface area (Å²) >= 11 is 0. The predicted molar refractivity (Wildman–Crippen MR) is 69.6 cm³/mol. The highest BCUT2D eigenvalue weighted by Crippen LogP contribution is 2.35. The van der Waals surface area contributed by atoms with E-state index in [1.165, 1.54) is 25.9 Å². The summed E-state index contributed by atoms with van der Waals surface area (Å²) in [6, 6.07) is 3.10. The van der Waals surface area contributed by atoms with E-state index in [0.717, 1.165) is 24.7 Å². The van der Waals surface area contributed by atoms with Gasteiger partial charge in [0.15, 0.2) is 0 Å². The number of nitrogens with zero attached hydrogens (tertiary/aromatic N) is 2. The maximum absolute atomic E-state index is 9.31. The van der Waals surface area contributed by atoms with Crippen LogP contribution in [-0.4, -0.2) is 36.6 Å². The summed E-state index contributed by atoms with van der Waals surface area (Å²) in [6.45, 7) is 7.15. The average Bonchev–Trinajstić information content (AvgIpc) is 2.73. The molecule has 96 valence electrons. The van der Waals surface area contributed by atoms with Gasteiger partial charge >= 0.3 is 0 Å². The van der Waals surface area contributed by atoms with Crippen molar-refractivity contribution in [2.24, 2.45) is 11.8 Å². The SMILES string of the molecule is CNC1(C#N)CCC(N2CC(C)CC(C)C2)C1. The van der Waals surface area contributed by atoms with Crippen LogP contribution in [0.15, 0.2) is 0 Å². The zero-order chi connectivity index (χ0) is 12.5. The van der Waals surface area contributed by atoms with Gasteiger partial charge in [0.25, 0.3) is 0 Å². The minimum absolute atomic E-state index is 0.255. The van der Waals surface area contributed by atoms with Crippen molar-refractivity contribution >= 4 is 0 Å². The normalized spacial score (nSPS) is 43.5. The van der Waals surface area contributed by atoms with Gasteiger partial charge in [0.05, 0.1) is 6.07 Å². The number of nitrogens with one attached hydrogen (secondary N) is 1. The number of likely N-dealkylation sites (tertiary alicyclic amines) is 1. The summed E-state index contributed by atoms with van der Waals surface area (Å²) in [5, 5.41) is 12.5. The molecule has 4 unspecified atom stereocenters. The van der Waals surface area contributed by atoms with Crippen LogP contribution in [0.4, 0.5) is 0 Å². The Balaban J connectivity index is 1.98. The summed E-state index contributed by atoms with van der Waals surface area (Å²) < 4.78 is 0. The minimum atomic E-state index is -0.255. The third-order valence-electron chi connectivity index (χ3n) is 4.59. The first kappa shape index (κ1) is 12.9. The van der Waals surface area contributed by atoms with Crippen molar-refractivity contribution in [3.05, 3.63) is 0 Å². The fourth-order valence-electron chi connectivity index (χ4n) is 3.72. The Labute approximate surface area is 105 Å². The molecule has 0 aromatic carbocycles. The number of hydrogen-bond donors (Lipinski definition) is 1. The van der Waals surface area contributed by atoms with Gasteiger partial charge < -0.3 is 5.32 Å². The van der Waals surface area contributed by atoms with E-state index in [2.05, 4.69) is 30.1 Å². The van der Waals surface area contributed by atoms with Crippen LogP contribution in [0, 0.1) is 23.2 Å². The van der Waals surface area contributed by atoms with Gasteiger partial charge in [0.2, 0.25) is 0 Å². The second kappa shape index (κ2) is 4.96. The Morgan fingerprint density at radius 3 is 2.41 bits per heavy atom. The van der Waals surface area contributed by atoms with Crippen LogP contribution in [-0.2, 0) is 0 Å². The van der Waals surface area contributed by atoms with Gasteiger partial charge in [-0.25, -0.2) is 0 Å². The van der Waals surface area contributed by atoms with Gasteiger partial charge in [-0.2, -0.15) is 5.26 Å². The van der Waals surface area contributed by atoms with Crippen LogP contribution in [0.5, 0.6) is 0 Å². The molecule has 1 saturated heterocycles. The topological polar surface area (TPSA) is 39.1 Å². The molecule has 0 aromatic rings. The lowest BCUT2D eigenvalue weighted by atomic mass is 9.90. The number of hydrogen-bond acceptors (Lipinski definition) is 3. The summed E-state index contributed by atoms with van der Waals surface area (Å²) in [4.78, 5) is 2.63. The van der Waals surface area contributed by atoms with Crippen molar-refractivity contribution < 1.29 is 0 Å². The molecule has 0 spiro atoms. The van der Waals surface area contributed by atoms with E-state index in [0.29, 0.717) is 6.04 Å². The molecule has 4 atom stereocenters. The molecule has 17 heavy (non-hydrogen) atoms. The lowest BCUT2D eigenvalue weighted by molar-refractivity contribution is 0.0952. The number of rotatable bonds is 2. The highest BCUT2D eigenvalue weighted by atomic mass is 15.2. The molecule has 0 radical (unpaired) electrons. The second-order valence-corrected chi connectivity index (χ2v) is 6.24. The third-order valence-corrected chi connectivity index (χ3v) is 4.59. The molecule has 1 N–H and O–H groups in total. The summed E-state index contributed by atoms with van der Waals surface area (Å²) in [7, 11) is 1.92. The summed E-state index contributed by atoms with van der Waals surface area (Å²) in [6.07, 6.45) is 4.54. The van der Waals surface area contributed by atoms with Crippen molar-refractivity contribution in [1.82, 2.24) is 10.2 Å². The first-order chi connectivity index (χ1) is 8.08. The fraction of sp³-hybridized carbons (Fsp3) is 0.929. The monoisotopic (exact) mass is 235 g/mol. The fourth-order valence-corrected chi connectivity index (χ4v) is 3.72. The maximum Gasteiger partial charge on any atom is 0.108 e. The van der Waals surface area contributed by atoms with Gasteiger partial charge in [-0.1, -0.05) is 13.8 Å². The first-order valence-corrected chi connectivity index (χ1v) is 6.93. The zero-order valence-electron chi connectivity index (χ0n) is 11.4. The van der Waals surface area contributed by atoms with E-state index in [1.54, 1.807) is 0 Å². The van der Waals surface area contributed by atoms with Gasteiger partial charge in [-0.05, 0) is 44.6 Å². The van der Waals surface area contributed by atoms with Crippen molar-refractivity contribution in [1.29, 1.82) is 5.26 Å². The van der Waals surface area contributed by atoms with E-state index in [1.807, 2.05) is 7.05 Å². The van der Waals surface area contributed by atoms with Crippen LogP contribution in [0.25, 0.3) is 0 Å². The van der Waals surface area contributed by atoms with E-state index >= 15 is 0 Å². The Morgan fingerprint density at radius 1 is 1.29 bits per heavy atom. The lowest BCUT2D eigenvalue weighted by Gasteiger charge is -2.39. The molecule has 0 aromatic heterocycles. The third kappa shape index (κ3) is 2.64. The Bertz CT molecular complexity index is 299. The minimum Gasteiger partial charge on any atom is -0.302 e.